The maximum Gasteiger partial charge on any atom is 0.335 e. The van der Waals surface area contributed by atoms with Gasteiger partial charge in [0.2, 0.25) is 0 Å². The monoisotopic (exact) mass is 370 g/mol. The minimum absolute atomic E-state index is 0.375. The van der Waals surface area contributed by atoms with Crippen LogP contribution in [0.3, 0.4) is 0 Å². The highest BCUT2D eigenvalue weighted by molar-refractivity contribution is 6.30. The van der Waals surface area contributed by atoms with Crippen molar-refractivity contribution in [2.45, 2.75) is 6.92 Å². The summed E-state index contributed by atoms with van der Waals surface area (Å²) in [4.78, 5) is 15.9. The third kappa shape index (κ3) is 4.65. The number of anilines is 1. The summed E-state index contributed by atoms with van der Waals surface area (Å²) >= 11 is 5.90. The average molecular weight is 371 g/mol. The number of nitrogens with zero attached hydrogens (tertiary/aromatic N) is 2. The molecule has 1 saturated heterocycles. The smallest absolute Gasteiger partial charge is 0.335 e. The third-order valence-electron chi connectivity index (χ3n) is 4.72. The van der Waals surface area contributed by atoms with E-state index >= 15 is 0 Å². The number of carbonyl (C=O) groups is 1. The normalized spacial score (nSPS) is 15.5. The molecule has 1 aliphatic rings. The second kappa shape index (κ2) is 8.39. The van der Waals surface area contributed by atoms with E-state index in [4.69, 9.17) is 16.7 Å². The molecule has 0 amide bonds. The number of halogens is 1. The van der Waals surface area contributed by atoms with E-state index in [-0.39, 0.29) is 0 Å². The van der Waals surface area contributed by atoms with Gasteiger partial charge in [0, 0.05) is 43.4 Å². The van der Waals surface area contributed by atoms with Crippen LogP contribution in [0.2, 0.25) is 5.02 Å². The Kier molecular flexibility index (Phi) is 5.96. The molecule has 0 radical (unpaired) electrons. The molecule has 2 aromatic rings. The first kappa shape index (κ1) is 18.5. The number of carboxylic acid groups (broad SMARTS) is 1. The summed E-state index contributed by atoms with van der Waals surface area (Å²) in [6, 6.07) is 13.4. The lowest BCUT2D eigenvalue weighted by molar-refractivity contribution is 0.0696. The van der Waals surface area contributed by atoms with Crippen LogP contribution in [-0.4, -0.2) is 48.7 Å². The second-order valence-corrected chi connectivity index (χ2v) is 6.98. The first-order valence-corrected chi connectivity index (χ1v) is 9.14. The first-order valence-electron chi connectivity index (χ1n) is 8.76. The van der Waals surface area contributed by atoms with Crippen molar-refractivity contribution >= 4 is 29.3 Å². The van der Waals surface area contributed by atoms with Crippen molar-refractivity contribution in [1.82, 2.24) is 4.90 Å². The van der Waals surface area contributed by atoms with Crippen molar-refractivity contribution < 1.29 is 9.90 Å². The topological polar surface area (TPSA) is 43.8 Å². The van der Waals surface area contributed by atoms with Gasteiger partial charge in [-0.25, -0.2) is 4.79 Å². The van der Waals surface area contributed by atoms with E-state index in [0.29, 0.717) is 5.56 Å². The number of piperazine rings is 1. The fraction of sp³-hybridized carbons (Fsp3) is 0.286. The first-order chi connectivity index (χ1) is 12.5. The van der Waals surface area contributed by atoms with Gasteiger partial charge in [0.05, 0.1) is 5.56 Å². The van der Waals surface area contributed by atoms with E-state index < -0.39 is 5.97 Å². The number of aromatic carboxylic acids is 1. The molecule has 0 bridgehead atoms. The maximum absolute atomic E-state index is 11.1. The van der Waals surface area contributed by atoms with Crippen LogP contribution in [0.4, 0.5) is 5.69 Å². The van der Waals surface area contributed by atoms with Gasteiger partial charge in [-0.05, 0) is 48.4 Å². The Morgan fingerprint density at radius 2 is 1.81 bits per heavy atom. The molecule has 26 heavy (non-hydrogen) atoms. The fourth-order valence-corrected chi connectivity index (χ4v) is 3.31. The highest BCUT2D eigenvalue weighted by Gasteiger charge is 2.17. The highest BCUT2D eigenvalue weighted by atomic mass is 35.5. The molecule has 4 nitrogen and oxygen atoms in total. The molecule has 0 saturated carbocycles. The van der Waals surface area contributed by atoms with E-state index in [1.165, 1.54) is 0 Å². The fourth-order valence-electron chi connectivity index (χ4n) is 3.18. The molecule has 1 heterocycles. The van der Waals surface area contributed by atoms with Crippen LogP contribution in [0.5, 0.6) is 0 Å². The van der Waals surface area contributed by atoms with E-state index in [1.807, 2.05) is 43.3 Å². The van der Waals surface area contributed by atoms with E-state index in [2.05, 4.69) is 22.0 Å². The van der Waals surface area contributed by atoms with Crippen LogP contribution in [0.1, 0.15) is 21.5 Å². The molecule has 1 N–H and O–H groups in total. The summed E-state index contributed by atoms with van der Waals surface area (Å²) in [5.41, 5.74) is 3.44. The van der Waals surface area contributed by atoms with Crippen molar-refractivity contribution in [2.24, 2.45) is 0 Å². The van der Waals surface area contributed by atoms with Gasteiger partial charge in [-0.1, -0.05) is 35.9 Å². The Bertz CT molecular complexity index is 794. The lowest BCUT2D eigenvalue weighted by Crippen LogP contribution is -2.46. The highest BCUT2D eigenvalue weighted by Crippen LogP contribution is 2.21. The zero-order chi connectivity index (χ0) is 18.5. The van der Waals surface area contributed by atoms with Crippen molar-refractivity contribution in [3.05, 3.63) is 70.3 Å². The van der Waals surface area contributed by atoms with Crippen LogP contribution in [0.15, 0.2) is 48.5 Å². The number of rotatable bonds is 5. The molecule has 1 fully saturated rings. The molecular formula is C21H23ClN2O2. The van der Waals surface area contributed by atoms with Crippen molar-refractivity contribution in [2.75, 3.05) is 37.6 Å². The van der Waals surface area contributed by atoms with Crippen LogP contribution < -0.4 is 4.90 Å². The molecule has 0 aliphatic carbocycles. The SMILES string of the molecule is Cc1cc(N2CCN(CC=Cc3ccc(Cl)cc3)CC2)ccc1C(=O)O. The van der Waals surface area contributed by atoms with Crippen LogP contribution >= 0.6 is 11.6 Å². The summed E-state index contributed by atoms with van der Waals surface area (Å²) in [6.45, 7) is 6.65. The molecule has 0 aromatic heterocycles. The average Bonchev–Trinajstić information content (AvgIpc) is 2.63. The van der Waals surface area contributed by atoms with E-state index in [0.717, 1.165) is 54.6 Å². The molecule has 5 heteroatoms. The second-order valence-electron chi connectivity index (χ2n) is 6.55. The summed E-state index contributed by atoms with van der Waals surface area (Å²) in [6.07, 6.45) is 4.31. The Morgan fingerprint density at radius 1 is 1.12 bits per heavy atom. The standard InChI is InChI=1S/C21H23ClN2O2/c1-16-15-19(8-9-20(16)21(25)26)24-13-11-23(12-14-24)10-2-3-17-4-6-18(22)7-5-17/h2-9,15H,10-14H2,1H3,(H,25,26). The Balaban J connectivity index is 1.52. The molecular weight excluding hydrogens is 348 g/mol. The zero-order valence-corrected chi connectivity index (χ0v) is 15.6. The summed E-state index contributed by atoms with van der Waals surface area (Å²) in [7, 11) is 0. The number of aryl methyl sites for hydroxylation is 1. The molecule has 3 rings (SSSR count). The number of benzene rings is 2. The maximum atomic E-state index is 11.1. The van der Waals surface area contributed by atoms with Gasteiger partial charge < -0.3 is 10.0 Å². The Morgan fingerprint density at radius 3 is 2.42 bits per heavy atom. The lowest BCUT2D eigenvalue weighted by atomic mass is 10.1. The minimum atomic E-state index is -0.869. The van der Waals surface area contributed by atoms with Gasteiger partial charge >= 0.3 is 5.97 Å². The molecule has 2 aromatic carbocycles. The molecule has 0 unspecified atom stereocenters. The van der Waals surface area contributed by atoms with Crippen LogP contribution in [0.25, 0.3) is 6.08 Å². The molecule has 136 valence electrons. The number of hydrogen-bond acceptors (Lipinski definition) is 3. The predicted octanol–water partition coefficient (Wildman–Crippen LogP) is 4.18. The zero-order valence-electron chi connectivity index (χ0n) is 14.9. The Labute approximate surface area is 159 Å². The van der Waals surface area contributed by atoms with Gasteiger partial charge in [-0.2, -0.15) is 0 Å². The van der Waals surface area contributed by atoms with Crippen molar-refractivity contribution in [3.63, 3.8) is 0 Å². The quantitative estimate of drug-likeness (QED) is 0.857. The molecule has 0 atom stereocenters. The largest absolute Gasteiger partial charge is 0.478 e. The van der Waals surface area contributed by atoms with Crippen LogP contribution in [-0.2, 0) is 0 Å². The van der Waals surface area contributed by atoms with Gasteiger partial charge in [0.25, 0.3) is 0 Å². The van der Waals surface area contributed by atoms with Crippen molar-refractivity contribution in [1.29, 1.82) is 0 Å². The molecule has 0 spiro atoms. The van der Waals surface area contributed by atoms with E-state index in [9.17, 15) is 4.79 Å². The van der Waals surface area contributed by atoms with Crippen molar-refractivity contribution in [3.8, 4) is 0 Å². The van der Waals surface area contributed by atoms with Gasteiger partial charge in [-0.3, -0.25) is 4.90 Å². The number of carboxylic acids is 1. The summed E-state index contributed by atoms with van der Waals surface area (Å²) in [5, 5.41) is 9.90. The van der Waals surface area contributed by atoms with E-state index in [1.54, 1.807) is 6.07 Å². The van der Waals surface area contributed by atoms with Crippen LogP contribution in [0, 0.1) is 6.92 Å². The molecule has 1 aliphatic heterocycles. The summed E-state index contributed by atoms with van der Waals surface area (Å²) in [5.74, 6) is -0.869. The summed E-state index contributed by atoms with van der Waals surface area (Å²) < 4.78 is 0. The van der Waals surface area contributed by atoms with Gasteiger partial charge in [0.15, 0.2) is 0 Å². The van der Waals surface area contributed by atoms with Gasteiger partial charge in [-0.15, -0.1) is 0 Å². The number of hydrogen-bond donors (Lipinski definition) is 1. The third-order valence-corrected chi connectivity index (χ3v) is 4.97. The minimum Gasteiger partial charge on any atom is -0.478 e. The predicted molar refractivity (Wildman–Crippen MR) is 107 cm³/mol. The lowest BCUT2D eigenvalue weighted by Gasteiger charge is -2.35. The Hall–Kier alpha value is -2.30. The van der Waals surface area contributed by atoms with Gasteiger partial charge in [0.1, 0.15) is 0 Å².